The fourth-order valence-corrected chi connectivity index (χ4v) is 3.11. The molecule has 0 atom stereocenters. The van der Waals surface area contributed by atoms with Crippen molar-refractivity contribution in [2.24, 2.45) is 0 Å². The number of nitrogens with one attached hydrogen (secondary N) is 1. The van der Waals surface area contributed by atoms with Crippen molar-refractivity contribution in [3.63, 3.8) is 0 Å². The van der Waals surface area contributed by atoms with E-state index in [9.17, 15) is 0 Å². The second-order valence-corrected chi connectivity index (χ2v) is 5.29. The third-order valence-electron chi connectivity index (χ3n) is 1.74. The van der Waals surface area contributed by atoms with E-state index in [1.54, 1.807) is 0 Å². The molecule has 66 valence electrons. The second kappa shape index (κ2) is 6.17. The summed E-state index contributed by atoms with van der Waals surface area (Å²) in [5, 5.41) is 3.18. The van der Waals surface area contributed by atoms with Crippen molar-refractivity contribution in [2.45, 2.75) is 0 Å². The molecule has 1 aliphatic heterocycles. The normalized spacial score (nSPS) is 21.5. The van der Waals surface area contributed by atoms with Crippen LogP contribution in [0.15, 0.2) is 0 Å². The molecule has 1 fully saturated rings. The van der Waals surface area contributed by atoms with Crippen molar-refractivity contribution >= 4 is 21.6 Å². The summed E-state index contributed by atoms with van der Waals surface area (Å²) in [6.45, 7) is 4.85. The predicted octanol–water partition coefficient (Wildman–Crippen LogP) is 0.903. The van der Waals surface area contributed by atoms with Crippen LogP contribution < -0.4 is 5.32 Å². The molecule has 1 N–H and O–H groups in total. The van der Waals surface area contributed by atoms with Gasteiger partial charge in [0.1, 0.15) is 0 Å². The van der Waals surface area contributed by atoms with Gasteiger partial charge in [-0.15, -0.1) is 0 Å². The fourth-order valence-electron chi connectivity index (χ4n) is 1.06. The summed E-state index contributed by atoms with van der Waals surface area (Å²) in [6, 6.07) is 0. The highest BCUT2D eigenvalue weighted by Gasteiger charge is 2.07. The molecule has 0 unspecified atom stereocenters. The molecular weight excluding hydrogens is 176 g/mol. The zero-order chi connectivity index (χ0) is 7.94. The summed E-state index contributed by atoms with van der Waals surface area (Å²) >= 11 is 0. The molecule has 2 nitrogen and oxygen atoms in total. The van der Waals surface area contributed by atoms with Crippen LogP contribution >= 0.6 is 21.6 Å². The Morgan fingerprint density at radius 2 is 1.91 bits per heavy atom. The van der Waals surface area contributed by atoms with Crippen LogP contribution in [-0.2, 0) is 0 Å². The number of hydrogen-bond acceptors (Lipinski definition) is 4. The maximum absolute atomic E-state index is 3.18. The van der Waals surface area contributed by atoms with Gasteiger partial charge in [-0.1, -0.05) is 21.6 Å². The van der Waals surface area contributed by atoms with Gasteiger partial charge in [0.2, 0.25) is 0 Å². The second-order valence-electron chi connectivity index (χ2n) is 2.59. The summed E-state index contributed by atoms with van der Waals surface area (Å²) in [5.74, 6) is 2.57. The third-order valence-corrected chi connectivity index (χ3v) is 4.11. The van der Waals surface area contributed by atoms with Crippen molar-refractivity contribution in [2.75, 3.05) is 44.7 Å². The van der Waals surface area contributed by atoms with E-state index in [1.807, 2.05) is 28.6 Å². The van der Waals surface area contributed by atoms with Gasteiger partial charge in [0.25, 0.3) is 0 Å². The first-order valence-electron chi connectivity index (χ1n) is 4.05. The van der Waals surface area contributed by atoms with Crippen molar-refractivity contribution in [1.29, 1.82) is 0 Å². The molecule has 0 aliphatic carbocycles. The van der Waals surface area contributed by atoms with Gasteiger partial charge in [-0.3, -0.25) is 0 Å². The van der Waals surface area contributed by atoms with Crippen LogP contribution in [0.4, 0.5) is 0 Å². The van der Waals surface area contributed by atoms with Crippen LogP contribution in [0.5, 0.6) is 0 Å². The number of rotatable bonds is 3. The predicted molar refractivity (Wildman–Crippen MR) is 55.3 cm³/mol. The third kappa shape index (κ3) is 4.25. The number of nitrogens with zero attached hydrogens (tertiary/aromatic N) is 1. The van der Waals surface area contributed by atoms with Gasteiger partial charge in [0.05, 0.1) is 0 Å². The van der Waals surface area contributed by atoms with Crippen LogP contribution in [0, 0.1) is 0 Å². The lowest BCUT2D eigenvalue weighted by atomic mass is 10.4. The Morgan fingerprint density at radius 1 is 1.27 bits per heavy atom. The van der Waals surface area contributed by atoms with Crippen molar-refractivity contribution in [1.82, 2.24) is 10.2 Å². The molecule has 11 heavy (non-hydrogen) atoms. The topological polar surface area (TPSA) is 15.3 Å². The summed E-state index contributed by atoms with van der Waals surface area (Å²) in [5.41, 5.74) is 0. The summed E-state index contributed by atoms with van der Waals surface area (Å²) in [7, 11) is 6.03. The van der Waals surface area contributed by atoms with Crippen LogP contribution in [0.3, 0.4) is 0 Å². The van der Waals surface area contributed by atoms with Crippen LogP contribution in [-0.4, -0.2) is 49.6 Å². The van der Waals surface area contributed by atoms with Gasteiger partial charge in [-0.05, 0) is 7.05 Å². The highest BCUT2D eigenvalue weighted by Crippen LogP contribution is 2.23. The zero-order valence-corrected chi connectivity index (χ0v) is 8.64. The quantitative estimate of drug-likeness (QED) is 0.668. The van der Waals surface area contributed by atoms with Gasteiger partial charge in [0, 0.05) is 37.7 Å². The summed E-state index contributed by atoms with van der Waals surface area (Å²) in [4.78, 5) is 2.53. The molecule has 1 heterocycles. The van der Waals surface area contributed by atoms with Crippen LogP contribution in [0.1, 0.15) is 0 Å². The molecule has 1 saturated heterocycles. The maximum Gasteiger partial charge on any atom is 0.0165 e. The molecule has 0 aromatic rings. The Labute approximate surface area is 76.9 Å². The Bertz CT molecular complexity index is 92.4. The number of likely N-dealkylation sites (N-methyl/N-ethyl adjacent to an activating group) is 1. The van der Waals surface area contributed by atoms with E-state index < -0.39 is 0 Å². The van der Waals surface area contributed by atoms with E-state index in [0.29, 0.717) is 0 Å². The molecule has 1 aliphatic rings. The molecule has 4 heteroatoms. The SMILES string of the molecule is CNCCN1CCSSCC1. The minimum Gasteiger partial charge on any atom is -0.318 e. The standard InChI is InChI=1S/C7H16N2S2/c1-8-2-3-9-4-6-10-11-7-5-9/h8H,2-7H2,1H3. The van der Waals surface area contributed by atoms with Crippen molar-refractivity contribution in [3.05, 3.63) is 0 Å². The lowest BCUT2D eigenvalue weighted by molar-refractivity contribution is 0.312. The van der Waals surface area contributed by atoms with Crippen LogP contribution in [0.2, 0.25) is 0 Å². The first-order chi connectivity index (χ1) is 5.43. The highest BCUT2D eigenvalue weighted by atomic mass is 33.1. The Morgan fingerprint density at radius 3 is 2.45 bits per heavy atom. The molecule has 0 amide bonds. The van der Waals surface area contributed by atoms with E-state index >= 15 is 0 Å². The summed E-state index contributed by atoms with van der Waals surface area (Å²) < 4.78 is 0. The monoisotopic (exact) mass is 192 g/mol. The minimum atomic E-state index is 1.12. The molecule has 0 aromatic carbocycles. The van der Waals surface area contributed by atoms with E-state index in [0.717, 1.165) is 6.54 Å². The molecule has 1 rings (SSSR count). The maximum atomic E-state index is 3.18. The lowest BCUT2D eigenvalue weighted by Gasteiger charge is -2.18. The first-order valence-corrected chi connectivity index (χ1v) is 6.53. The molecule has 0 radical (unpaired) electrons. The van der Waals surface area contributed by atoms with Gasteiger partial charge < -0.3 is 10.2 Å². The first kappa shape index (κ1) is 9.71. The van der Waals surface area contributed by atoms with Gasteiger partial charge in [0.15, 0.2) is 0 Å². The molecule has 0 bridgehead atoms. The summed E-state index contributed by atoms with van der Waals surface area (Å²) in [6.07, 6.45) is 0. The molecule has 0 aromatic heterocycles. The Hall–Kier alpha value is 0.620. The molecule has 0 spiro atoms. The lowest BCUT2D eigenvalue weighted by Crippen LogP contribution is -2.33. The number of hydrogen-bond donors (Lipinski definition) is 1. The average Bonchev–Trinajstić information content (AvgIpc) is 2.28. The Kier molecular flexibility index (Phi) is 5.45. The van der Waals surface area contributed by atoms with Gasteiger partial charge >= 0.3 is 0 Å². The Balaban J connectivity index is 2.09. The van der Waals surface area contributed by atoms with E-state index in [1.165, 1.54) is 31.1 Å². The largest absolute Gasteiger partial charge is 0.318 e. The van der Waals surface area contributed by atoms with E-state index in [-0.39, 0.29) is 0 Å². The average molecular weight is 192 g/mol. The zero-order valence-electron chi connectivity index (χ0n) is 7.01. The van der Waals surface area contributed by atoms with Crippen molar-refractivity contribution in [3.8, 4) is 0 Å². The van der Waals surface area contributed by atoms with Gasteiger partial charge in [-0.2, -0.15) is 0 Å². The van der Waals surface area contributed by atoms with E-state index in [2.05, 4.69) is 10.2 Å². The fraction of sp³-hybridized carbons (Fsp3) is 1.00. The van der Waals surface area contributed by atoms with Crippen molar-refractivity contribution < 1.29 is 0 Å². The van der Waals surface area contributed by atoms with Crippen LogP contribution in [0.25, 0.3) is 0 Å². The van der Waals surface area contributed by atoms with Gasteiger partial charge in [-0.25, -0.2) is 0 Å². The van der Waals surface area contributed by atoms with E-state index in [4.69, 9.17) is 0 Å². The highest BCUT2D eigenvalue weighted by molar-refractivity contribution is 8.76. The minimum absolute atomic E-state index is 1.12. The smallest absolute Gasteiger partial charge is 0.0165 e. The molecular formula is C7H16N2S2. The molecule has 0 saturated carbocycles.